The fourth-order valence-electron chi connectivity index (χ4n) is 1.09. The smallest absolute Gasteiger partial charge is 0.228 e. The quantitative estimate of drug-likeness (QED) is 0.812. The maximum Gasteiger partial charge on any atom is 0.228 e. The first-order valence-corrected chi connectivity index (χ1v) is 6.94. The van der Waals surface area contributed by atoms with Gasteiger partial charge in [0.1, 0.15) is 0 Å². The Morgan fingerprint density at radius 2 is 1.88 bits per heavy atom. The number of anilines is 1. The third-order valence-corrected chi connectivity index (χ3v) is 3.13. The number of hydrogen-bond acceptors (Lipinski definition) is 5. The van der Waals surface area contributed by atoms with Gasteiger partial charge in [-0.2, -0.15) is 26.7 Å². The number of hydrogen-bond donors (Lipinski definition) is 1. The van der Waals surface area contributed by atoms with Crippen molar-refractivity contribution in [2.45, 2.75) is 26.3 Å². The van der Waals surface area contributed by atoms with Gasteiger partial charge in [-0.3, -0.25) is 0 Å². The Bertz CT molecular complexity index is 317. The lowest BCUT2D eigenvalue weighted by atomic mass is 10.3. The molecule has 1 unspecified atom stereocenters. The van der Waals surface area contributed by atoms with Crippen LogP contribution in [-0.4, -0.2) is 32.5 Å². The molecule has 0 amide bonds. The van der Waals surface area contributed by atoms with E-state index >= 15 is 0 Å². The van der Waals surface area contributed by atoms with E-state index in [1.807, 2.05) is 11.8 Å². The van der Waals surface area contributed by atoms with Gasteiger partial charge in [0.15, 0.2) is 0 Å². The van der Waals surface area contributed by atoms with Gasteiger partial charge < -0.3 is 5.32 Å². The molecule has 1 atom stereocenters. The topological polar surface area (TPSA) is 50.7 Å². The number of halogens is 2. The van der Waals surface area contributed by atoms with Crippen LogP contribution >= 0.6 is 35.0 Å². The van der Waals surface area contributed by atoms with Crippen molar-refractivity contribution in [1.82, 2.24) is 15.0 Å². The van der Waals surface area contributed by atoms with Gasteiger partial charge >= 0.3 is 0 Å². The van der Waals surface area contributed by atoms with E-state index in [2.05, 4.69) is 34.1 Å². The zero-order valence-electron chi connectivity index (χ0n) is 9.20. The summed E-state index contributed by atoms with van der Waals surface area (Å²) in [6, 6.07) is 0.286. The highest BCUT2D eigenvalue weighted by molar-refractivity contribution is 7.99. The minimum atomic E-state index is 0.109. The molecule has 0 spiro atoms. The van der Waals surface area contributed by atoms with Gasteiger partial charge in [-0.25, -0.2) is 0 Å². The molecular formula is C9H14Cl2N4S. The van der Waals surface area contributed by atoms with Crippen molar-refractivity contribution in [3.05, 3.63) is 10.6 Å². The van der Waals surface area contributed by atoms with Gasteiger partial charge in [-0.1, -0.05) is 6.92 Å². The first kappa shape index (κ1) is 13.8. The van der Waals surface area contributed by atoms with Crippen molar-refractivity contribution < 1.29 is 0 Å². The second-order valence-corrected chi connectivity index (χ2v) is 5.30. The van der Waals surface area contributed by atoms with Gasteiger partial charge in [0.2, 0.25) is 16.5 Å². The molecule has 0 aliphatic rings. The number of nitrogens with one attached hydrogen (secondary N) is 1. The number of rotatable bonds is 6. The highest BCUT2D eigenvalue weighted by atomic mass is 35.5. The van der Waals surface area contributed by atoms with Crippen LogP contribution in [0, 0.1) is 0 Å². The van der Waals surface area contributed by atoms with Crippen LogP contribution < -0.4 is 5.32 Å². The Hall–Kier alpha value is -0.260. The highest BCUT2D eigenvalue weighted by Crippen LogP contribution is 2.12. The molecule has 0 fully saturated rings. The molecule has 1 aromatic heterocycles. The molecule has 1 rings (SSSR count). The van der Waals surface area contributed by atoms with Gasteiger partial charge in [0, 0.05) is 6.04 Å². The summed E-state index contributed by atoms with van der Waals surface area (Å²) in [6.07, 6.45) is 1.04. The van der Waals surface area contributed by atoms with Crippen molar-refractivity contribution >= 4 is 40.9 Å². The van der Waals surface area contributed by atoms with Crippen LogP contribution in [0.1, 0.15) is 20.3 Å². The second-order valence-electron chi connectivity index (χ2n) is 3.23. The molecular weight excluding hydrogens is 267 g/mol. The van der Waals surface area contributed by atoms with Gasteiger partial charge in [-0.05, 0) is 48.1 Å². The molecule has 0 saturated carbocycles. The fourth-order valence-corrected chi connectivity index (χ4v) is 2.26. The Morgan fingerprint density at radius 1 is 1.25 bits per heavy atom. The Kier molecular flexibility index (Phi) is 6.16. The monoisotopic (exact) mass is 280 g/mol. The first-order valence-electron chi connectivity index (χ1n) is 5.03. The zero-order valence-corrected chi connectivity index (χ0v) is 11.5. The average Bonchev–Trinajstić information content (AvgIpc) is 2.16. The van der Waals surface area contributed by atoms with Gasteiger partial charge in [0.05, 0.1) is 0 Å². The third-order valence-electron chi connectivity index (χ3n) is 1.86. The van der Waals surface area contributed by atoms with Crippen molar-refractivity contribution in [1.29, 1.82) is 0 Å². The zero-order chi connectivity index (χ0) is 12.0. The predicted molar refractivity (Wildman–Crippen MR) is 70.5 cm³/mol. The van der Waals surface area contributed by atoms with E-state index in [4.69, 9.17) is 23.2 Å². The summed E-state index contributed by atoms with van der Waals surface area (Å²) in [7, 11) is 0. The molecule has 1 N–H and O–H groups in total. The molecule has 16 heavy (non-hydrogen) atoms. The third kappa shape index (κ3) is 5.18. The summed E-state index contributed by atoms with van der Waals surface area (Å²) in [5.41, 5.74) is 0. The van der Waals surface area contributed by atoms with Crippen molar-refractivity contribution in [3.8, 4) is 0 Å². The lowest BCUT2D eigenvalue weighted by Crippen LogP contribution is -2.18. The first-order chi connectivity index (χ1) is 7.61. The SMILES string of the molecule is CCSCCC(C)Nc1nc(Cl)nc(Cl)n1. The molecule has 0 aliphatic carbocycles. The minimum absolute atomic E-state index is 0.109. The van der Waals surface area contributed by atoms with E-state index in [9.17, 15) is 0 Å². The van der Waals surface area contributed by atoms with Crippen molar-refractivity contribution in [2.75, 3.05) is 16.8 Å². The Balaban J connectivity index is 2.45. The van der Waals surface area contributed by atoms with E-state index in [0.717, 1.165) is 17.9 Å². The van der Waals surface area contributed by atoms with Crippen molar-refractivity contribution in [2.24, 2.45) is 0 Å². The summed E-state index contributed by atoms with van der Waals surface area (Å²) in [6.45, 7) is 4.22. The number of thioether (sulfide) groups is 1. The van der Waals surface area contributed by atoms with Crippen LogP contribution in [-0.2, 0) is 0 Å². The summed E-state index contributed by atoms with van der Waals surface area (Å²) < 4.78 is 0. The number of nitrogens with zero attached hydrogens (tertiary/aromatic N) is 3. The molecule has 0 aromatic carbocycles. The van der Waals surface area contributed by atoms with Crippen LogP contribution in [0.3, 0.4) is 0 Å². The summed E-state index contributed by atoms with van der Waals surface area (Å²) >= 11 is 13.2. The summed E-state index contributed by atoms with van der Waals surface area (Å²) in [5.74, 6) is 2.67. The Morgan fingerprint density at radius 3 is 2.44 bits per heavy atom. The van der Waals surface area contributed by atoms with E-state index < -0.39 is 0 Å². The maximum atomic E-state index is 5.67. The second kappa shape index (κ2) is 7.14. The van der Waals surface area contributed by atoms with E-state index in [1.165, 1.54) is 0 Å². The van der Waals surface area contributed by atoms with Crippen LogP contribution in [0.5, 0.6) is 0 Å². The molecule has 0 saturated heterocycles. The van der Waals surface area contributed by atoms with Gasteiger partial charge in [-0.15, -0.1) is 0 Å². The molecule has 0 bridgehead atoms. The van der Waals surface area contributed by atoms with E-state index in [-0.39, 0.29) is 16.6 Å². The molecule has 1 aromatic rings. The van der Waals surface area contributed by atoms with Crippen LogP contribution in [0.25, 0.3) is 0 Å². The lowest BCUT2D eigenvalue weighted by Gasteiger charge is -2.12. The van der Waals surface area contributed by atoms with Crippen LogP contribution in [0.4, 0.5) is 5.95 Å². The van der Waals surface area contributed by atoms with E-state index in [0.29, 0.717) is 5.95 Å². The van der Waals surface area contributed by atoms with Gasteiger partial charge in [0.25, 0.3) is 0 Å². The minimum Gasteiger partial charge on any atom is -0.352 e. The molecule has 7 heteroatoms. The summed E-state index contributed by atoms with van der Waals surface area (Å²) in [4.78, 5) is 11.6. The molecule has 90 valence electrons. The Labute approximate surface area is 110 Å². The highest BCUT2D eigenvalue weighted by Gasteiger charge is 2.06. The summed E-state index contributed by atoms with van der Waals surface area (Å²) in [5, 5.41) is 3.36. The molecule has 0 radical (unpaired) electrons. The normalized spacial score (nSPS) is 12.5. The lowest BCUT2D eigenvalue weighted by molar-refractivity contribution is 0.757. The predicted octanol–water partition coefficient (Wildman–Crippen LogP) is 3.12. The average molecular weight is 281 g/mol. The standard InChI is InChI=1S/C9H14Cl2N4S/c1-3-16-5-4-6(2)12-9-14-7(10)13-8(11)15-9/h6H,3-5H2,1-2H3,(H,12,13,14,15). The maximum absolute atomic E-state index is 5.67. The number of aromatic nitrogens is 3. The molecule has 0 aliphatic heterocycles. The molecule has 1 heterocycles. The van der Waals surface area contributed by atoms with Crippen LogP contribution in [0.15, 0.2) is 0 Å². The van der Waals surface area contributed by atoms with Crippen molar-refractivity contribution in [3.63, 3.8) is 0 Å². The largest absolute Gasteiger partial charge is 0.352 e. The van der Waals surface area contributed by atoms with Crippen LogP contribution in [0.2, 0.25) is 10.6 Å². The molecule has 4 nitrogen and oxygen atoms in total. The van der Waals surface area contributed by atoms with E-state index in [1.54, 1.807) is 0 Å². The fraction of sp³-hybridized carbons (Fsp3) is 0.667.